The molecule has 2 N–H and O–H groups in total. The van der Waals surface area contributed by atoms with Gasteiger partial charge in [-0.3, -0.25) is 4.79 Å². The Balaban J connectivity index is 2.20. The van der Waals surface area contributed by atoms with Gasteiger partial charge in [0.25, 0.3) is 0 Å². The summed E-state index contributed by atoms with van der Waals surface area (Å²) in [4.78, 5) is 14.1. The molecule has 1 atom stereocenters. The molecule has 0 heterocycles. The fourth-order valence-electron chi connectivity index (χ4n) is 2.10. The highest BCUT2D eigenvalue weighted by Crippen LogP contribution is 2.31. The van der Waals surface area contributed by atoms with Crippen LogP contribution in [0.15, 0.2) is 18.2 Å². The number of carbonyl (C=O) groups is 1. The highest BCUT2D eigenvalue weighted by atomic mass is 35.5. The van der Waals surface area contributed by atoms with Crippen molar-refractivity contribution in [3.05, 3.63) is 34.6 Å². The summed E-state index contributed by atoms with van der Waals surface area (Å²) in [5.74, 6) is -0.448. The number of carbonyl (C=O) groups excluding carboxylic acids is 1. The van der Waals surface area contributed by atoms with E-state index in [-0.39, 0.29) is 30.2 Å². The number of rotatable bonds is 5. The molecule has 20 heavy (non-hydrogen) atoms. The van der Waals surface area contributed by atoms with Gasteiger partial charge < -0.3 is 10.6 Å². The van der Waals surface area contributed by atoms with Gasteiger partial charge in [-0.05, 0) is 30.9 Å². The van der Waals surface area contributed by atoms with E-state index in [1.165, 1.54) is 6.07 Å². The van der Waals surface area contributed by atoms with Crippen LogP contribution in [0.25, 0.3) is 0 Å². The Morgan fingerprint density at radius 1 is 1.50 bits per heavy atom. The van der Waals surface area contributed by atoms with Crippen LogP contribution < -0.4 is 5.73 Å². The maximum absolute atomic E-state index is 13.9. The van der Waals surface area contributed by atoms with Crippen molar-refractivity contribution in [2.75, 3.05) is 0 Å². The molecule has 0 aromatic heterocycles. The topological polar surface area (TPSA) is 46.3 Å². The molecule has 0 bridgehead atoms. The summed E-state index contributed by atoms with van der Waals surface area (Å²) >= 11 is 6.04. The van der Waals surface area contributed by atoms with E-state index >= 15 is 0 Å². The van der Waals surface area contributed by atoms with Gasteiger partial charge in [0.15, 0.2) is 0 Å². The number of nitrogens with zero attached hydrogens (tertiary/aromatic N) is 1. The lowest BCUT2D eigenvalue weighted by Crippen LogP contribution is -2.47. The second-order valence-corrected chi connectivity index (χ2v) is 6.07. The van der Waals surface area contributed by atoms with Gasteiger partial charge in [-0.1, -0.05) is 31.5 Å². The third kappa shape index (κ3) is 3.30. The van der Waals surface area contributed by atoms with Crippen molar-refractivity contribution in [3.8, 4) is 0 Å². The van der Waals surface area contributed by atoms with Crippen LogP contribution in [0, 0.1) is 11.7 Å². The molecule has 1 aromatic rings. The van der Waals surface area contributed by atoms with E-state index in [9.17, 15) is 9.18 Å². The molecule has 5 heteroatoms. The van der Waals surface area contributed by atoms with Gasteiger partial charge in [-0.25, -0.2) is 4.39 Å². The Kier molecular flexibility index (Phi) is 4.66. The highest BCUT2D eigenvalue weighted by Gasteiger charge is 2.36. The van der Waals surface area contributed by atoms with Crippen molar-refractivity contribution < 1.29 is 9.18 Å². The third-order valence-electron chi connectivity index (χ3n) is 3.66. The van der Waals surface area contributed by atoms with Crippen LogP contribution >= 0.6 is 11.6 Å². The summed E-state index contributed by atoms with van der Waals surface area (Å²) in [7, 11) is 0. The average Bonchev–Trinajstić information content (AvgIpc) is 3.21. The zero-order valence-corrected chi connectivity index (χ0v) is 12.5. The van der Waals surface area contributed by atoms with Crippen molar-refractivity contribution in [2.24, 2.45) is 11.7 Å². The van der Waals surface area contributed by atoms with Gasteiger partial charge in [0, 0.05) is 16.6 Å². The van der Waals surface area contributed by atoms with Crippen LogP contribution in [-0.4, -0.2) is 22.9 Å². The number of halogens is 2. The van der Waals surface area contributed by atoms with Gasteiger partial charge in [-0.2, -0.15) is 0 Å². The van der Waals surface area contributed by atoms with Crippen LogP contribution in [0.3, 0.4) is 0 Å². The number of hydrogen-bond donors (Lipinski definition) is 1. The smallest absolute Gasteiger partial charge is 0.240 e. The quantitative estimate of drug-likeness (QED) is 0.908. The van der Waals surface area contributed by atoms with Crippen LogP contribution in [0.1, 0.15) is 32.3 Å². The normalized spacial score (nSPS) is 16.3. The summed E-state index contributed by atoms with van der Waals surface area (Å²) in [6.45, 7) is 4.00. The fourth-order valence-corrected chi connectivity index (χ4v) is 2.33. The van der Waals surface area contributed by atoms with E-state index in [1.54, 1.807) is 17.0 Å². The molecule has 1 saturated carbocycles. The molecule has 2 rings (SSSR count). The third-order valence-corrected chi connectivity index (χ3v) is 4.02. The number of amides is 1. The molecule has 1 aliphatic rings. The molecule has 1 aliphatic carbocycles. The SMILES string of the molecule is CC(C)[C@H](N)C(=O)N(Cc1c(F)cccc1Cl)C1CC1. The minimum atomic E-state index is -0.554. The summed E-state index contributed by atoms with van der Waals surface area (Å²) in [5.41, 5.74) is 6.30. The van der Waals surface area contributed by atoms with Crippen LogP contribution in [0.2, 0.25) is 5.02 Å². The number of benzene rings is 1. The predicted molar refractivity (Wildman–Crippen MR) is 77.8 cm³/mol. The second kappa shape index (κ2) is 6.10. The molecular weight excluding hydrogens is 279 g/mol. The van der Waals surface area contributed by atoms with Gasteiger partial charge in [0.2, 0.25) is 5.91 Å². The molecule has 1 amide bonds. The molecule has 110 valence electrons. The number of hydrogen-bond acceptors (Lipinski definition) is 2. The standard InChI is InChI=1S/C15H20ClFN2O/c1-9(2)14(18)15(20)19(10-6-7-10)8-11-12(16)4-3-5-13(11)17/h3-5,9-10,14H,6-8,18H2,1-2H3/t14-/m0/s1. The molecular formula is C15H20ClFN2O. The van der Waals surface area contributed by atoms with Gasteiger partial charge in [0.1, 0.15) is 5.82 Å². The first-order valence-corrected chi connectivity index (χ1v) is 7.28. The van der Waals surface area contributed by atoms with Crippen molar-refractivity contribution in [3.63, 3.8) is 0 Å². The highest BCUT2D eigenvalue weighted by molar-refractivity contribution is 6.31. The monoisotopic (exact) mass is 298 g/mol. The maximum Gasteiger partial charge on any atom is 0.240 e. The minimum Gasteiger partial charge on any atom is -0.334 e. The Morgan fingerprint density at radius 2 is 2.15 bits per heavy atom. The second-order valence-electron chi connectivity index (χ2n) is 5.67. The molecule has 0 spiro atoms. The average molecular weight is 299 g/mol. The van der Waals surface area contributed by atoms with Crippen molar-refractivity contribution >= 4 is 17.5 Å². The van der Waals surface area contributed by atoms with Gasteiger partial charge >= 0.3 is 0 Å². The summed E-state index contributed by atoms with van der Waals surface area (Å²) in [6, 6.07) is 4.17. The van der Waals surface area contributed by atoms with Crippen molar-refractivity contribution in [1.29, 1.82) is 0 Å². The van der Waals surface area contributed by atoms with E-state index < -0.39 is 6.04 Å². The molecule has 0 aliphatic heterocycles. The summed E-state index contributed by atoms with van der Waals surface area (Å²) < 4.78 is 13.9. The van der Waals surface area contributed by atoms with E-state index in [2.05, 4.69) is 0 Å². The minimum absolute atomic E-state index is 0.0554. The summed E-state index contributed by atoms with van der Waals surface area (Å²) in [6.07, 6.45) is 1.89. The zero-order chi connectivity index (χ0) is 14.9. The molecule has 1 aromatic carbocycles. The zero-order valence-electron chi connectivity index (χ0n) is 11.8. The van der Waals surface area contributed by atoms with Crippen LogP contribution in [0.4, 0.5) is 4.39 Å². The Bertz CT molecular complexity index is 482. The van der Waals surface area contributed by atoms with E-state index in [0.29, 0.717) is 10.6 Å². The van der Waals surface area contributed by atoms with Gasteiger partial charge in [0.05, 0.1) is 12.6 Å². The molecule has 3 nitrogen and oxygen atoms in total. The lowest BCUT2D eigenvalue weighted by atomic mass is 10.0. The molecule has 0 saturated heterocycles. The molecule has 0 unspecified atom stereocenters. The van der Waals surface area contributed by atoms with E-state index in [0.717, 1.165) is 12.8 Å². The predicted octanol–water partition coefficient (Wildman–Crippen LogP) is 2.95. The maximum atomic E-state index is 13.9. The lowest BCUT2D eigenvalue weighted by Gasteiger charge is -2.27. The van der Waals surface area contributed by atoms with E-state index in [4.69, 9.17) is 17.3 Å². The van der Waals surface area contributed by atoms with Crippen LogP contribution in [-0.2, 0) is 11.3 Å². The molecule has 0 radical (unpaired) electrons. The fraction of sp³-hybridized carbons (Fsp3) is 0.533. The molecule has 1 fully saturated rings. The largest absolute Gasteiger partial charge is 0.334 e. The lowest BCUT2D eigenvalue weighted by molar-refractivity contribution is -0.134. The first kappa shape index (κ1) is 15.3. The summed E-state index contributed by atoms with van der Waals surface area (Å²) in [5, 5.41) is 0.349. The van der Waals surface area contributed by atoms with Crippen molar-refractivity contribution in [1.82, 2.24) is 4.90 Å². The van der Waals surface area contributed by atoms with Crippen molar-refractivity contribution in [2.45, 2.75) is 45.3 Å². The Labute approximate surface area is 123 Å². The first-order chi connectivity index (χ1) is 9.41. The first-order valence-electron chi connectivity index (χ1n) is 6.90. The van der Waals surface area contributed by atoms with Crippen LogP contribution in [0.5, 0.6) is 0 Å². The number of nitrogens with two attached hydrogens (primary N) is 1. The Hall–Kier alpha value is -1.13. The Morgan fingerprint density at radius 3 is 2.65 bits per heavy atom. The van der Waals surface area contributed by atoms with E-state index in [1.807, 2.05) is 13.8 Å². The van der Waals surface area contributed by atoms with Gasteiger partial charge in [-0.15, -0.1) is 0 Å².